The van der Waals surface area contributed by atoms with E-state index < -0.39 is 15.6 Å². The Hall–Kier alpha value is -0.390. The molecule has 0 unspecified atom stereocenters. The van der Waals surface area contributed by atoms with Gasteiger partial charge in [0.05, 0.1) is 5.25 Å². The van der Waals surface area contributed by atoms with Gasteiger partial charge in [-0.2, -0.15) is 4.31 Å². The van der Waals surface area contributed by atoms with E-state index in [1.807, 2.05) is 20.8 Å². The van der Waals surface area contributed by atoms with Crippen molar-refractivity contribution in [3.8, 4) is 0 Å². The minimum absolute atomic E-state index is 0.247. The quantitative estimate of drug-likeness (QED) is 0.776. The van der Waals surface area contributed by atoms with Crippen molar-refractivity contribution in [3.63, 3.8) is 0 Å². The minimum Gasteiger partial charge on any atom is -0.317 e. The minimum atomic E-state index is -3.22. The molecule has 0 spiro atoms. The second-order valence-electron chi connectivity index (χ2n) is 5.48. The molecule has 1 fully saturated rings. The SMILES string of the molecule is C=CCN(C(C)(C)C)S(=O)(=O)C1CCNCC1. The van der Waals surface area contributed by atoms with Crippen LogP contribution in [0, 0.1) is 0 Å². The van der Waals surface area contributed by atoms with E-state index in [1.54, 1.807) is 10.4 Å². The Bertz CT molecular complexity index is 351. The van der Waals surface area contributed by atoms with Crippen LogP contribution in [0.25, 0.3) is 0 Å². The molecule has 0 amide bonds. The van der Waals surface area contributed by atoms with Crippen molar-refractivity contribution in [1.82, 2.24) is 9.62 Å². The molecule has 1 saturated heterocycles. The van der Waals surface area contributed by atoms with Crippen LogP contribution in [0.4, 0.5) is 0 Å². The van der Waals surface area contributed by atoms with Gasteiger partial charge in [-0.05, 0) is 46.7 Å². The molecule has 0 radical (unpaired) electrons. The first-order valence-corrected chi connectivity index (χ1v) is 7.63. The Kier molecular flexibility index (Phi) is 4.75. The van der Waals surface area contributed by atoms with Gasteiger partial charge in [-0.1, -0.05) is 6.08 Å². The molecule has 17 heavy (non-hydrogen) atoms. The number of nitrogens with zero attached hydrogens (tertiary/aromatic N) is 1. The van der Waals surface area contributed by atoms with E-state index in [-0.39, 0.29) is 5.25 Å². The van der Waals surface area contributed by atoms with Gasteiger partial charge in [0.15, 0.2) is 0 Å². The maximum atomic E-state index is 12.6. The van der Waals surface area contributed by atoms with Crippen molar-refractivity contribution in [2.75, 3.05) is 19.6 Å². The molecular formula is C12H24N2O2S. The van der Waals surface area contributed by atoms with Crippen LogP contribution in [-0.4, -0.2) is 43.1 Å². The molecule has 4 nitrogen and oxygen atoms in total. The van der Waals surface area contributed by atoms with Crippen molar-refractivity contribution >= 4 is 10.0 Å². The van der Waals surface area contributed by atoms with Crippen LogP contribution in [0.5, 0.6) is 0 Å². The average Bonchev–Trinajstić information content (AvgIpc) is 2.25. The smallest absolute Gasteiger partial charge is 0.217 e. The van der Waals surface area contributed by atoms with Crippen LogP contribution in [0.3, 0.4) is 0 Å². The van der Waals surface area contributed by atoms with Gasteiger partial charge in [-0.15, -0.1) is 6.58 Å². The molecule has 0 atom stereocenters. The second-order valence-corrected chi connectivity index (χ2v) is 7.62. The highest BCUT2D eigenvalue weighted by molar-refractivity contribution is 7.89. The summed E-state index contributed by atoms with van der Waals surface area (Å²) in [4.78, 5) is 0. The lowest BCUT2D eigenvalue weighted by Gasteiger charge is -2.37. The molecule has 1 rings (SSSR count). The first kappa shape index (κ1) is 14.7. The highest BCUT2D eigenvalue weighted by Crippen LogP contribution is 2.25. The third kappa shape index (κ3) is 3.53. The molecule has 100 valence electrons. The molecular weight excluding hydrogens is 236 g/mol. The second kappa shape index (κ2) is 5.50. The summed E-state index contributed by atoms with van der Waals surface area (Å²) < 4.78 is 26.7. The fourth-order valence-corrected chi connectivity index (χ4v) is 4.42. The molecule has 1 aliphatic heterocycles. The van der Waals surface area contributed by atoms with Crippen molar-refractivity contribution in [2.24, 2.45) is 0 Å². The molecule has 0 bridgehead atoms. The van der Waals surface area contributed by atoms with Gasteiger partial charge in [-0.3, -0.25) is 0 Å². The third-order valence-corrected chi connectivity index (χ3v) is 5.68. The van der Waals surface area contributed by atoms with Crippen LogP contribution >= 0.6 is 0 Å². The van der Waals surface area contributed by atoms with Gasteiger partial charge >= 0.3 is 0 Å². The van der Waals surface area contributed by atoms with Crippen LogP contribution in [-0.2, 0) is 10.0 Å². The zero-order valence-corrected chi connectivity index (χ0v) is 11.9. The Morgan fingerprint density at radius 2 is 1.88 bits per heavy atom. The van der Waals surface area contributed by atoms with Gasteiger partial charge in [0.2, 0.25) is 10.0 Å². The predicted molar refractivity (Wildman–Crippen MR) is 71.5 cm³/mol. The highest BCUT2D eigenvalue weighted by atomic mass is 32.2. The molecule has 0 aromatic heterocycles. The Morgan fingerprint density at radius 1 is 1.35 bits per heavy atom. The maximum absolute atomic E-state index is 12.6. The van der Waals surface area contributed by atoms with Crippen molar-refractivity contribution in [1.29, 1.82) is 0 Å². The van der Waals surface area contributed by atoms with Crippen LogP contribution in [0.15, 0.2) is 12.7 Å². The zero-order valence-electron chi connectivity index (χ0n) is 11.1. The molecule has 1 N–H and O–H groups in total. The van der Waals surface area contributed by atoms with E-state index in [0.29, 0.717) is 19.4 Å². The van der Waals surface area contributed by atoms with E-state index in [9.17, 15) is 8.42 Å². The Balaban J connectivity index is 2.94. The molecule has 0 saturated carbocycles. The summed E-state index contributed by atoms with van der Waals surface area (Å²) in [7, 11) is -3.22. The first-order valence-electron chi connectivity index (χ1n) is 6.13. The average molecular weight is 260 g/mol. The van der Waals surface area contributed by atoms with Crippen LogP contribution in [0.1, 0.15) is 33.6 Å². The van der Waals surface area contributed by atoms with Gasteiger partial charge < -0.3 is 5.32 Å². The highest BCUT2D eigenvalue weighted by Gasteiger charge is 2.37. The zero-order chi connectivity index (χ0) is 13.1. The Morgan fingerprint density at radius 3 is 2.29 bits per heavy atom. The lowest BCUT2D eigenvalue weighted by molar-refractivity contribution is 0.264. The fourth-order valence-electron chi connectivity index (χ4n) is 2.15. The standard InChI is InChI=1S/C12H24N2O2S/c1-5-10-14(12(2,3)4)17(15,16)11-6-8-13-9-7-11/h5,11,13H,1,6-10H2,2-4H3. The van der Waals surface area contributed by atoms with E-state index >= 15 is 0 Å². The van der Waals surface area contributed by atoms with Crippen molar-refractivity contribution < 1.29 is 8.42 Å². The van der Waals surface area contributed by atoms with E-state index in [1.165, 1.54) is 0 Å². The number of hydrogen-bond donors (Lipinski definition) is 1. The maximum Gasteiger partial charge on any atom is 0.217 e. The molecule has 0 aliphatic carbocycles. The van der Waals surface area contributed by atoms with Crippen molar-refractivity contribution in [2.45, 2.75) is 44.4 Å². The van der Waals surface area contributed by atoms with E-state index in [2.05, 4.69) is 11.9 Å². The van der Waals surface area contributed by atoms with Crippen LogP contribution in [0.2, 0.25) is 0 Å². The summed E-state index contributed by atoms with van der Waals surface area (Å²) in [5.74, 6) is 0. The Labute approximate surface area is 105 Å². The summed E-state index contributed by atoms with van der Waals surface area (Å²) in [5.41, 5.74) is -0.391. The molecule has 1 aliphatic rings. The van der Waals surface area contributed by atoms with Crippen LogP contribution < -0.4 is 5.32 Å². The van der Waals surface area contributed by atoms with E-state index in [4.69, 9.17) is 0 Å². The molecule has 0 aromatic rings. The monoisotopic (exact) mass is 260 g/mol. The summed E-state index contributed by atoms with van der Waals surface area (Å²) in [6, 6.07) is 0. The fraction of sp³-hybridized carbons (Fsp3) is 0.833. The van der Waals surface area contributed by atoms with Gasteiger partial charge in [0.25, 0.3) is 0 Å². The van der Waals surface area contributed by atoms with Gasteiger partial charge in [0.1, 0.15) is 0 Å². The number of nitrogens with one attached hydrogen (secondary N) is 1. The first-order chi connectivity index (χ1) is 7.80. The number of hydrogen-bond acceptors (Lipinski definition) is 3. The molecule has 5 heteroatoms. The molecule has 0 aromatic carbocycles. The lowest BCUT2D eigenvalue weighted by atomic mass is 10.1. The number of sulfonamides is 1. The molecule has 1 heterocycles. The topological polar surface area (TPSA) is 49.4 Å². The normalized spacial score (nSPS) is 19.5. The predicted octanol–water partition coefficient (Wildman–Crippen LogP) is 1.35. The summed E-state index contributed by atoms with van der Waals surface area (Å²) >= 11 is 0. The largest absolute Gasteiger partial charge is 0.317 e. The number of rotatable bonds is 4. The summed E-state index contributed by atoms with van der Waals surface area (Å²) in [6.45, 7) is 11.4. The summed E-state index contributed by atoms with van der Waals surface area (Å²) in [5, 5.41) is 2.95. The van der Waals surface area contributed by atoms with Crippen molar-refractivity contribution in [3.05, 3.63) is 12.7 Å². The lowest BCUT2D eigenvalue weighted by Crippen LogP contribution is -2.51. The van der Waals surface area contributed by atoms with Gasteiger partial charge in [0, 0.05) is 12.1 Å². The van der Waals surface area contributed by atoms with Gasteiger partial charge in [-0.25, -0.2) is 8.42 Å². The number of piperidine rings is 1. The third-order valence-electron chi connectivity index (χ3n) is 3.06. The van der Waals surface area contributed by atoms with E-state index in [0.717, 1.165) is 13.1 Å². The summed E-state index contributed by atoms with van der Waals surface area (Å²) in [6.07, 6.45) is 3.06.